The molecule has 80 valence electrons. The molecule has 2 nitrogen and oxygen atoms in total. The summed E-state index contributed by atoms with van der Waals surface area (Å²) in [5.41, 5.74) is 0.903. The van der Waals surface area contributed by atoms with Gasteiger partial charge in [-0.1, -0.05) is 29.8 Å². The van der Waals surface area contributed by atoms with Gasteiger partial charge in [-0.25, -0.2) is 0 Å². The zero-order valence-electron chi connectivity index (χ0n) is 8.73. The molecule has 1 unspecified atom stereocenters. The quantitative estimate of drug-likeness (QED) is 0.741. The Kier molecular flexibility index (Phi) is 4.58. The van der Waals surface area contributed by atoms with Gasteiger partial charge in [0.2, 0.25) is 0 Å². The average molecular weight is 231 g/mol. The van der Waals surface area contributed by atoms with Gasteiger partial charge in [-0.15, -0.1) is 6.58 Å². The second-order valence-electron chi connectivity index (χ2n) is 3.42. The second kappa shape index (κ2) is 5.95. The van der Waals surface area contributed by atoms with Crippen LogP contribution in [0.2, 0.25) is 5.02 Å². The Hall–Kier alpha value is -1.77. The third-order valence-electron chi connectivity index (χ3n) is 2.38. The third kappa shape index (κ3) is 2.86. The van der Waals surface area contributed by atoms with Gasteiger partial charge in [-0.05, 0) is 24.1 Å². The van der Waals surface area contributed by atoms with Crippen molar-refractivity contribution in [3.8, 4) is 12.1 Å². The number of rotatable bonds is 4. The molecule has 0 aliphatic heterocycles. The van der Waals surface area contributed by atoms with Crippen LogP contribution < -0.4 is 0 Å². The summed E-state index contributed by atoms with van der Waals surface area (Å²) in [6.07, 6.45) is 2.30. The Morgan fingerprint density at radius 3 is 2.56 bits per heavy atom. The van der Waals surface area contributed by atoms with Crippen LogP contribution in [0.25, 0.3) is 0 Å². The van der Waals surface area contributed by atoms with Crippen molar-refractivity contribution in [2.24, 2.45) is 5.92 Å². The molecule has 0 radical (unpaired) electrons. The molecule has 16 heavy (non-hydrogen) atoms. The lowest BCUT2D eigenvalue weighted by Crippen LogP contribution is -2.08. The maximum atomic E-state index is 8.91. The van der Waals surface area contributed by atoms with Crippen molar-refractivity contribution in [3.05, 3.63) is 47.5 Å². The molecular formula is C13H11ClN2. The van der Waals surface area contributed by atoms with Gasteiger partial charge in [0.1, 0.15) is 5.92 Å². The number of hydrogen-bond donors (Lipinski definition) is 0. The number of halogens is 1. The normalized spacial score (nSPS) is 11.5. The molecule has 0 aliphatic carbocycles. The Balaban J connectivity index is 3.08. The number of allylic oxidation sites excluding steroid dienone is 1. The highest BCUT2D eigenvalue weighted by atomic mass is 35.5. The molecular weight excluding hydrogens is 220 g/mol. The minimum atomic E-state index is -0.670. The van der Waals surface area contributed by atoms with E-state index >= 15 is 0 Å². The lowest BCUT2D eigenvalue weighted by molar-refractivity contribution is 0.620. The number of nitriles is 2. The van der Waals surface area contributed by atoms with Crippen LogP contribution in [0.4, 0.5) is 0 Å². The molecule has 0 N–H and O–H groups in total. The van der Waals surface area contributed by atoms with Crippen molar-refractivity contribution in [2.75, 3.05) is 0 Å². The molecule has 1 rings (SSSR count). The molecule has 3 heteroatoms. The van der Waals surface area contributed by atoms with Gasteiger partial charge in [0, 0.05) is 10.9 Å². The second-order valence-corrected chi connectivity index (χ2v) is 3.86. The van der Waals surface area contributed by atoms with Crippen LogP contribution in [0.3, 0.4) is 0 Å². The summed E-state index contributed by atoms with van der Waals surface area (Å²) in [7, 11) is 0. The van der Waals surface area contributed by atoms with E-state index in [-0.39, 0.29) is 5.92 Å². The Bertz CT molecular complexity index is 440. The molecule has 0 fully saturated rings. The van der Waals surface area contributed by atoms with Gasteiger partial charge >= 0.3 is 0 Å². The molecule has 0 heterocycles. The highest BCUT2D eigenvalue weighted by Gasteiger charge is 2.21. The van der Waals surface area contributed by atoms with E-state index in [4.69, 9.17) is 22.1 Å². The molecule has 0 aliphatic rings. The van der Waals surface area contributed by atoms with E-state index in [0.29, 0.717) is 11.4 Å². The van der Waals surface area contributed by atoms with Crippen LogP contribution in [0.1, 0.15) is 17.9 Å². The number of benzene rings is 1. The average Bonchev–Trinajstić information content (AvgIpc) is 2.29. The first-order valence-electron chi connectivity index (χ1n) is 4.88. The van der Waals surface area contributed by atoms with Gasteiger partial charge in [0.15, 0.2) is 0 Å². The summed E-state index contributed by atoms with van der Waals surface area (Å²) in [5, 5.41) is 18.4. The fourth-order valence-electron chi connectivity index (χ4n) is 1.59. The highest BCUT2D eigenvalue weighted by molar-refractivity contribution is 6.30. The van der Waals surface area contributed by atoms with Crippen molar-refractivity contribution in [1.82, 2.24) is 0 Å². The van der Waals surface area contributed by atoms with Crippen molar-refractivity contribution in [2.45, 2.75) is 12.3 Å². The topological polar surface area (TPSA) is 47.6 Å². The molecule has 1 aromatic carbocycles. The minimum Gasteiger partial charge on any atom is -0.197 e. The van der Waals surface area contributed by atoms with E-state index in [2.05, 4.69) is 6.58 Å². The Morgan fingerprint density at radius 1 is 1.38 bits per heavy atom. The molecule has 0 spiro atoms. The van der Waals surface area contributed by atoms with Crippen molar-refractivity contribution in [3.63, 3.8) is 0 Å². The van der Waals surface area contributed by atoms with E-state index in [1.165, 1.54) is 0 Å². The molecule has 0 amide bonds. The molecule has 1 aromatic rings. The van der Waals surface area contributed by atoms with Crippen molar-refractivity contribution < 1.29 is 0 Å². The largest absolute Gasteiger partial charge is 0.197 e. The van der Waals surface area contributed by atoms with Gasteiger partial charge in [0.05, 0.1) is 12.1 Å². The van der Waals surface area contributed by atoms with Crippen LogP contribution >= 0.6 is 11.6 Å². The van der Waals surface area contributed by atoms with Crippen LogP contribution in [0.15, 0.2) is 36.9 Å². The summed E-state index contributed by atoms with van der Waals surface area (Å²) in [4.78, 5) is 0. The first-order chi connectivity index (χ1) is 7.72. The SMILES string of the molecule is C=CCC(c1cccc(Cl)c1)C(C#N)C#N. The molecule has 0 saturated carbocycles. The maximum Gasteiger partial charge on any atom is 0.140 e. The minimum absolute atomic E-state index is 0.161. The van der Waals surface area contributed by atoms with Gasteiger partial charge in [-0.3, -0.25) is 0 Å². The van der Waals surface area contributed by atoms with Crippen LogP contribution in [0, 0.1) is 28.6 Å². The van der Waals surface area contributed by atoms with E-state index in [9.17, 15) is 0 Å². The fourth-order valence-corrected chi connectivity index (χ4v) is 1.79. The Morgan fingerprint density at radius 2 is 2.06 bits per heavy atom. The molecule has 0 saturated heterocycles. The highest BCUT2D eigenvalue weighted by Crippen LogP contribution is 2.29. The standard InChI is InChI=1S/C13H11ClN2/c1-2-4-13(11(8-15)9-16)10-5-3-6-12(14)7-10/h2-3,5-7,11,13H,1,4H2. The lowest BCUT2D eigenvalue weighted by atomic mass is 9.85. The number of hydrogen-bond acceptors (Lipinski definition) is 2. The third-order valence-corrected chi connectivity index (χ3v) is 2.61. The zero-order valence-corrected chi connectivity index (χ0v) is 9.48. The predicted octanol–water partition coefficient (Wildman–Crippen LogP) is 3.66. The summed E-state index contributed by atoms with van der Waals surface area (Å²) in [6, 6.07) is 11.3. The summed E-state index contributed by atoms with van der Waals surface area (Å²) < 4.78 is 0. The predicted molar refractivity (Wildman–Crippen MR) is 63.7 cm³/mol. The van der Waals surface area contributed by atoms with Crippen molar-refractivity contribution >= 4 is 11.6 Å². The smallest absolute Gasteiger partial charge is 0.140 e. The van der Waals surface area contributed by atoms with E-state index < -0.39 is 5.92 Å². The molecule has 0 bridgehead atoms. The Labute approximate surface area is 100 Å². The monoisotopic (exact) mass is 230 g/mol. The fraction of sp³-hybridized carbons (Fsp3) is 0.231. The van der Waals surface area contributed by atoms with Gasteiger partial charge in [-0.2, -0.15) is 10.5 Å². The van der Waals surface area contributed by atoms with Gasteiger partial charge < -0.3 is 0 Å². The maximum absolute atomic E-state index is 8.91. The summed E-state index contributed by atoms with van der Waals surface area (Å²) >= 11 is 5.89. The van der Waals surface area contributed by atoms with E-state index in [1.54, 1.807) is 18.2 Å². The van der Waals surface area contributed by atoms with E-state index in [1.807, 2.05) is 24.3 Å². The van der Waals surface area contributed by atoms with Gasteiger partial charge in [0.25, 0.3) is 0 Å². The summed E-state index contributed by atoms with van der Waals surface area (Å²) in [5.74, 6) is -0.831. The number of nitrogens with zero attached hydrogens (tertiary/aromatic N) is 2. The first-order valence-corrected chi connectivity index (χ1v) is 5.26. The molecule has 1 atom stereocenters. The first kappa shape index (κ1) is 12.3. The lowest BCUT2D eigenvalue weighted by Gasteiger charge is -2.16. The summed E-state index contributed by atoms with van der Waals surface area (Å²) in [6.45, 7) is 3.65. The zero-order chi connectivity index (χ0) is 12.0. The van der Waals surface area contributed by atoms with E-state index in [0.717, 1.165) is 5.56 Å². The van der Waals surface area contributed by atoms with Crippen LogP contribution in [-0.2, 0) is 0 Å². The molecule has 0 aromatic heterocycles. The van der Waals surface area contributed by atoms with Crippen LogP contribution in [0.5, 0.6) is 0 Å². The van der Waals surface area contributed by atoms with Crippen LogP contribution in [-0.4, -0.2) is 0 Å². The van der Waals surface area contributed by atoms with Crippen molar-refractivity contribution in [1.29, 1.82) is 10.5 Å².